The summed E-state index contributed by atoms with van der Waals surface area (Å²) in [5.41, 5.74) is 1.07. The molecule has 7 heteroatoms. The molecule has 132 valence electrons. The highest BCUT2D eigenvalue weighted by molar-refractivity contribution is 7.89. The van der Waals surface area contributed by atoms with Gasteiger partial charge in [-0.3, -0.25) is 4.79 Å². The Bertz CT molecular complexity index is 880. The number of ether oxygens (including phenoxy) is 1. The highest BCUT2D eigenvalue weighted by Gasteiger charge is 2.31. The number of carbonyl (C=O) groups excluding carboxylic acids is 1. The van der Waals surface area contributed by atoms with Crippen molar-refractivity contribution in [2.45, 2.75) is 17.9 Å². The van der Waals surface area contributed by atoms with Gasteiger partial charge in [0, 0.05) is 18.7 Å². The van der Waals surface area contributed by atoms with Gasteiger partial charge in [-0.1, -0.05) is 24.3 Å². The zero-order valence-electron chi connectivity index (χ0n) is 13.7. The first-order valence-electron chi connectivity index (χ1n) is 7.86. The molecule has 0 N–H and O–H groups in total. The molecule has 1 unspecified atom stereocenters. The molecule has 2 aromatic carbocycles. The predicted molar refractivity (Wildman–Crippen MR) is 90.3 cm³/mol. The van der Waals surface area contributed by atoms with Gasteiger partial charge in [0.05, 0.1) is 17.6 Å². The van der Waals surface area contributed by atoms with Crippen molar-refractivity contribution in [3.05, 3.63) is 65.5 Å². The molecule has 1 fully saturated rings. The first kappa shape index (κ1) is 17.7. The number of sulfonamides is 1. The topological polar surface area (TPSA) is 63.7 Å². The second kappa shape index (κ2) is 7.03. The second-order valence-corrected chi connectivity index (χ2v) is 7.80. The first-order chi connectivity index (χ1) is 11.9. The van der Waals surface area contributed by atoms with Gasteiger partial charge in [0.25, 0.3) is 0 Å². The van der Waals surface area contributed by atoms with Crippen LogP contribution in [0.25, 0.3) is 0 Å². The minimum Gasteiger partial charge on any atom is -0.371 e. The first-order valence-corrected chi connectivity index (χ1v) is 9.30. The number of hydrogen-bond acceptors (Lipinski definition) is 4. The Morgan fingerprint density at radius 2 is 1.92 bits per heavy atom. The Morgan fingerprint density at radius 3 is 2.60 bits per heavy atom. The average Bonchev–Trinajstić information content (AvgIpc) is 2.62. The van der Waals surface area contributed by atoms with Crippen LogP contribution in [0.1, 0.15) is 28.9 Å². The van der Waals surface area contributed by atoms with Crippen LogP contribution in [-0.2, 0) is 14.8 Å². The summed E-state index contributed by atoms with van der Waals surface area (Å²) in [5, 5.41) is 0. The Hall–Kier alpha value is -2.09. The number of halogens is 1. The fourth-order valence-corrected chi connectivity index (χ4v) is 4.22. The number of hydrogen-bond donors (Lipinski definition) is 0. The van der Waals surface area contributed by atoms with Crippen LogP contribution in [0, 0.1) is 5.82 Å². The summed E-state index contributed by atoms with van der Waals surface area (Å²) in [6.07, 6.45) is -0.458. The molecule has 1 heterocycles. The summed E-state index contributed by atoms with van der Waals surface area (Å²) in [5.74, 6) is -0.548. The van der Waals surface area contributed by atoms with Crippen LogP contribution < -0.4 is 0 Å². The maximum Gasteiger partial charge on any atom is 0.243 e. The van der Waals surface area contributed by atoms with E-state index in [9.17, 15) is 17.6 Å². The zero-order valence-corrected chi connectivity index (χ0v) is 14.5. The number of morpholine rings is 1. The molecule has 2 aromatic rings. The van der Waals surface area contributed by atoms with Crippen LogP contribution in [0.4, 0.5) is 4.39 Å². The molecule has 0 aromatic heterocycles. The highest BCUT2D eigenvalue weighted by Crippen LogP contribution is 2.27. The fraction of sp³-hybridized carbons (Fsp3) is 0.278. The Kier molecular flexibility index (Phi) is 4.99. The van der Waals surface area contributed by atoms with E-state index in [1.807, 2.05) is 0 Å². The van der Waals surface area contributed by atoms with E-state index in [0.717, 1.165) is 5.56 Å². The van der Waals surface area contributed by atoms with Crippen LogP contribution in [-0.4, -0.2) is 38.2 Å². The molecular weight excluding hydrogens is 345 g/mol. The maximum absolute atomic E-state index is 13.1. The van der Waals surface area contributed by atoms with Crippen LogP contribution >= 0.6 is 0 Å². The highest BCUT2D eigenvalue weighted by atomic mass is 32.2. The van der Waals surface area contributed by atoms with E-state index in [0.29, 0.717) is 5.56 Å². The minimum atomic E-state index is -3.74. The van der Waals surface area contributed by atoms with Crippen molar-refractivity contribution in [2.24, 2.45) is 0 Å². The van der Waals surface area contributed by atoms with Gasteiger partial charge in [0.2, 0.25) is 10.0 Å². The monoisotopic (exact) mass is 363 g/mol. The predicted octanol–water partition coefficient (Wildman–Crippen LogP) is 2.79. The van der Waals surface area contributed by atoms with Gasteiger partial charge in [-0.2, -0.15) is 4.31 Å². The number of benzene rings is 2. The van der Waals surface area contributed by atoms with Gasteiger partial charge in [-0.05, 0) is 36.8 Å². The van der Waals surface area contributed by atoms with Crippen molar-refractivity contribution in [2.75, 3.05) is 19.7 Å². The Morgan fingerprint density at radius 1 is 1.20 bits per heavy atom. The van der Waals surface area contributed by atoms with Gasteiger partial charge in [-0.15, -0.1) is 0 Å². The van der Waals surface area contributed by atoms with Crippen LogP contribution in [0.5, 0.6) is 0 Å². The molecule has 0 saturated carbocycles. The van der Waals surface area contributed by atoms with E-state index in [2.05, 4.69) is 0 Å². The lowest BCUT2D eigenvalue weighted by Gasteiger charge is -2.32. The van der Waals surface area contributed by atoms with Crippen molar-refractivity contribution in [1.82, 2.24) is 4.31 Å². The SMILES string of the molecule is CC(=O)c1cccc(S(=O)(=O)N2CCOC(c3ccc(F)cc3)C2)c1. The van der Waals surface area contributed by atoms with Crippen LogP contribution in [0.3, 0.4) is 0 Å². The molecule has 0 bridgehead atoms. The number of ketones is 1. The zero-order chi connectivity index (χ0) is 18.0. The molecule has 5 nitrogen and oxygen atoms in total. The molecule has 0 spiro atoms. The van der Waals surface area contributed by atoms with Crippen LogP contribution in [0.2, 0.25) is 0 Å². The van der Waals surface area contributed by atoms with E-state index in [1.165, 1.54) is 35.5 Å². The summed E-state index contributed by atoms with van der Waals surface area (Å²) < 4.78 is 45.8. The van der Waals surface area contributed by atoms with Crippen molar-refractivity contribution in [3.63, 3.8) is 0 Å². The molecule has 1 atom stereocenters. The van der Waals surface area contributed by atoms with Crippen molar-refractivity contribution < 1.29 is 22.3 Å². The minimum absolute atomic E-state index is 0.0833. The summed E-state index contributed by atoms with van der Waals surface area (Å²) in [6, 6.07) is 11.8. The third-order valence-electron chi connectivity index (χ3n) is 4.15. The fourth-order valence-electron chi connectivity index (χ4n) is 2.75. The lowest BCUT2D eigenvalue weighted by molar-refractivity contribution is -0.00258. The van der Waals surface area contributed by atoms with Gasteiger partial charge in [0.1, 0.15) is 5.82 Å². The molecule has 1 aliphatic heterocycles. The quantitative estimate of drug-likeness (QED) is 0.784. The summed E-state index contributed by atoms with van der Waals surface area (Å²) in [4.78, 5) is 11.6. The molecular formula is C18H18FNO4S. The molecule has 1 saturated heterocycles. The average molecular weight is 363 g/mol. The number of nitrogens with zero attached hydrogens (tertiary/aromatic N) is 1. The normalized spacial score (nSPS) is 18.9. The van der Waals surface area contributed by atoms with Crippen molar-refractivity contribution >= 4 is 15.8 Å². The van der Waals surface area contributed by atoms with Gasteiger partial charge in [-0.25, -0.2) is 12.8 Å². The third kappa shape index (κ3) is 3.78. The van der Waals surface area contributed by atoms with E-state index < -0.39 is 16.1 Å². The van der Waals surface area contributed by atoms with E-state index in [4.69, 9.17) is 4.74 Å². The lowest BCUT2D eigenvalue weighted by atomic mass is 10.1. The van der Waals surface area contributed by atoms with E-state index >= 15 is 0 Å². The molecule has 25 heavy (non-hydrogen) atoms. The van der Waals surface area contributed by atoms with E-state index in [-0.39, 0.29) is 36.2 Å². The third-order valence-corrected chi connectivity index (χ3v) is 6.01. The molecule has 3 rings (SSSR count). The summed E-state index contributed by atoms with van der Waals surface area (Å²) in [6.45, 7) is 2.00. The Labute approximate surface area is 146 Å². The second-order valence-electron chi connectivity index (χ2n) is 5.86. The van der Waals surface area contributed by atoms with Gasteiger partial charge >= 0.3 is 0 Å². The summed E-state index contributed by atoms with van der Waals surface area (Å²) >= 11 is 0. The molecule has 0 amide bonds. The smallest absolute Gasteiger partial charge is 0.243 e. The standard InChI is InChI=1S/C18H18FNO4S/c1-13(21)15-3-2-4-17(11-15)25(22,23)20-9-10-24-18(12-20)14-5-7-16(19)8-6-14/h2-8,11,18H,9-10,12H2,1H3. The molecule has 0 radical (unpaired) electrons. The van der Waals surface area contributed by atoms with Crippen molar-refractivity contribution in [3.8, 4) is 0 Å². The number of rotatable bonds is 4. The molecule has 0 aliphatic carbocycles. The molecule has 1 aliphatic rings. The largest absolute Gasteiger partial charge is 0.371 e. The van der Waals surface area contributed by atoms with Gasteiger partial charge < -0.3 is 4.74 Å². The van der Waals surface area contributed by atoms with Gasteiger partial charge in [0.15, 0.2) is 5.78 Å². The number of carbonyl (C=O) groups is 1. The maximum atomic E-state index is 13.1. The lowest BCUT2D eigenvalue weighted by Crippen LogP contribution is -2.42. The van der Waals surface area contributed by atoms with E-state index in [1.54, 1.807) is 24.3 Å². The van der Waals surface area contributed by atoms with Crippen molar-refractivity contribution in [1.29, 1.82) is 0 Å². The summed E-state index contributed by atoms with van der Waals surface area (Å²) in [7, 11) is -3.74. The number of Topliss-reactive ketones (excluding diaryl/α,β-unsaturated/α-hetero) is 1. The van der Waals surface area contributed by atoms with Crippen LogP contribution in [0.15, 0.2) is 53.4 Å². The Balaban J connectivity index is 1.86.